The number of hydrogen-bond donors (Lipinski definition) is 0. The molecule has 0 aromatic carbocycles. The molecule has 0 aliphatic heterocycles. The molecule has 12 heavy (non-hydrogen) atoms. The van der Waals surface area contributed by atoms with Gasteiger partial charge in [0, 0.05) is 4.43 Å². The Bertz CT molecular complexity index is 126. The summed E-state index contributed by atoms with van der Waals surface area (Å²) in [6, 6.07) is 0. The monoisotopic (exact) mass is 395 g/mol. The Labute approximate surface area is 104 Å². The predicted octanol–water partition coefficient (Wildman–Crippen LogP) is 3.55. The highest BCUT2D eigenvalue weighted by atomic mass is 127. The topological polar surface area (TPSA) is 3.24 Å². The van der Waals surface area contributed by atoms with Crippen LogP contribution in [0.5, 0.6) is 0 Å². The zero-order valence-corrected chi connectivity index (χ0v) is 12.7. The molecule has 0 aliphatic rings. The van der Waals surface area contributed by atoms with Gasteiger partial charge in [0.05, 0.1) is 3.55 Å². The first kappa shape index (κ1) is 13.4. The maximum atomic E-state index is 2.60. The highest BCUT2D eigenvalue weighted by Crippen LogP contribution is 2.33. The second-order valence-electron chi connectivity index (χ2n) is 3.85. The molecule has 1 unspecified atom stereocenters. The fourth-order valence-electron chi connectivity index (χ4n) is 1.28. The Morgan fingerprint density at radius 1 is 1.33 bits per heavy atom. The fourth-order valence-corrected chi connectivity index (χ4v) is 4.35. The Balaban J connectivity index is 4.18. The quantitative estimate of drug-likeness (QED) is 0.391. The van der Waals surface area contributed by atoms with E-state index in [1.807, 2.05) is 0 Å². The lowest BCUT2D eigenvalue weighted by Gasteiger charge is -2.35. The maximum Gasteiger partial charge on any atom is 0.0735 e. The second kappa shape index (κ2) is 6.01. The Hall–Kier alpha value is 1.42. The van der Waals surface area contributed by atoms with Gasteiger partial charge in [-0.3, -0.25) is 4.90 Å². The van der Waals surface area contributed by atoms with Crippen molar-refractivity contribution in [3.05, 3.63) is 0 Å². The molecule has 0 aromatic rings. The van der Waals surface area contributed by atoms with Gasteiger partial charge in [-0.1, -0.05) is 59.0 Å². The van der Waals surface area contributed by atoms with Crippen LogP contribution >= 0.6 is 45.2 Å². The van der Waals surface area contributed by atoms with E-state index in [4.69, 9.17) is 0 Å². The van der Waals surface area contributed by atoms with Crippen LogP contribution in [0.1, 0.15) is 26.7 Å². The molecule has 3 heteroatoms. The molecule has 0 heterocycles. The zero-order chi connectivity index (χ0) is 9.78. The molecule has 0 aliphatic carbocycles. The van der Waals surface area contributed by atoms with Crippen molar-refractivity contribution in [1.82, 2.24) is 4.90 Å². The van der Waals surface area contributed by atoms with E-state index in [1.165, 1.54) is 17.3 Å². The van der Waals surface area contributed by atoms with Gasteiger partial charge in [0.1, 0.15) is 0 Å². The van der Waals surface area contributed by atoms with Gasteiger partial charge in [-0.05, 0) is 32.9 Å². The molecule has 0 rings (SSSR count). The van der Waals surface area contributed by atoms with Gasteiger partial charge in [0.25, 0.3) is 0 Å². The minimum absolute atomic E-state index is 0.368. The van der Waals surface area contributed by atoms with Crippen LogP contribution in [0.25, 0.3) is 0 Å². The van der Waals surface area contributed by atoms with E-state index in [2.05, 4.69) is 78.0 Å². The largest absolute Gasteiger partial charge is 0.295 e. The minimum Gasteiger partial charge on any atom is -0.295 e. The zero-order valence-electron chi connectivity index (χ0n) is 8.40. The summed E-state index contributed by atoms with van der Waals surface area (Å²) in [5, 5.41) is 0. The third-order valence-electron chi connectivity index (χ3n) is 2.00. The molecule has 1 atom stereocenters. The summed E-state index contributed by atoms with van der Waals surface area (Å²) in [5.74, 6) is 0.784. The number of halogens is 2. The first-order valence-electron chi connectivity index (χ1n) is 4.34. The van der Waals surface area contributed by atoms with Crippen LogP contribution in [0.3, 0.4) is 0 Å². The molecular weight excluding hydrogens is 376 g/mol. The van der Waals surface area contributed by atoms with Crippen molar-refractivity contribution in [3.63, 3.8) is 0 Å². The molecular formula is C9H19I2N. The normalized spacial score (nSPS) is 17.0. The smallest absolute Gasteiger partial charge is 0.0735 e. The first-order valence-corrected chi connectivity index (χ1v) is 6.95. The van der Waals surface area contributed by atoms with Crippen molar-refractivity contribution < 1.29 is 0 Å². The van der Waals surface area contributed by atoms with E-state index in [9.17, 15) is 0 Å². The van der Waals surface area contributed by atoms with Crippen molar-refractivity contribution >= 4 is 45.2 Å². The van der Waals surface area contributed by atoms with Crippen LogP contribution in [-0.4, -0.2) is 27.0 Å². The number of rotatable bonds is 5. The third-order valence-corrected chi connectivity index (χ3v) is 4.48. The molecule has 0 N–H and O–H groups in total. The summed E-state index contributed by atoms with van der Waals surface area (Å²) >= 11 is 5.06. The van der Waals surface area contributed by atoms with Gasteiger partial charge in [-0.25, -0.2) is 0 Å². The standard InChI is InChI=1S/C9H19I2N/c1-8(2)7-9(11,5-6-10)12(3)4/h8H,5-7H2,1-4H3. The molecule has 1 nitrogen and oxygen atoms in total. The summed E-state index contributed by atoms with van der Waals surface area (Å²) in [7, 11) is 4.36. The summed E-state index contributed by atoms with van der Waals surface area (Å²) in [5.41, 5.74) is 0. The lowest BCUT2D eigenvalue weighted by molar-refractivity contribution is 0.233. The maximum absolute atomic E-state index is 2.60. The van der Waals surface area contributed by atoms with Crippen molar-refractivity contribution in [3.8, 4) is 0 Å². The van der Waals surface area contributed by atoms with Gasteiger partial charge >= 0.3 is 0 Å². The van der Waals surface area contributed by atoms with Crippen LogP contribution in [0.2, 0.25) is 0 Å². The van der Waals surface area contributed by atoms with Crippen LogP contribution in [0.15, 0.2) is 0 Å². The predicted molar refractivity (Wildman–Crippen MR) is 73.4 cm³/mol. The molecule has 74 valence electrons. The lowest BCUT2D eigenvalue weighted by atomic mass is 10.0. The van der Waals surface area contributed by atoms with Crippen LogP contribution < -0.4 is 0 Å². The molecule has 0 aromatic heterocycles. The molecule has 0 saturated carbocycles. The van der Waals surface area contributed by atoms with Crippen molar-refractivity contribution in [2.24, 2.45) is 5.92 Å². The summed E-state index contributed by atoms with van der Waals surface area (Å²) in [6.07, 6.45) is 2.56. The van der Waals surface area contributed by atoms with Gasteiger partial charge in [0.15, 0.2) is 0 Å². The number of nitrogens with zero attached hydrogens (tertiary/aromatic N) is 1. The highest BCUT2D eigenvalue weighted by molar-refractivity contribution is 14.1. The van der Waals surface area contributed by atoms with E-state index >= 15 is 0 Å². The van der Waals surface area contributed by atoms with Crippen molar-refractivity contribution in [2.75, 3.05) is 18.5 Å². The Morgan fingerprint density at radius 3 is 2.08 bits per heavy atom. The molecule has 0 spiro atoms. The van der Waals surface area contributed by atoms with Gasteiger partial charge < -0.3 is 0 Å². The average molecular weight is 395 g/mol. The first-order chi connectivity index (χ1) is 5.42. The van der Waals surface area contributed by atoms with Crippen molar-refractivity contribution in [2.45, 2.75) is 30.2 Å². The average Bonchev–Trinajstić information content (AvgIpc) is 1.85. The van der Waals surface area contributed by atoms with Gasteiger partial charge in [-0.15, -0.1) is 0 Å². The highest BCUT2D eigenvalue weighted by Gasteiger charge is 2.28. The van der Waals surface area contributed by atoms with E-state index in [0.717, 1.165) is 5.92 Å². The Kier molecular flexibility index (Phi) is 6.72. The van der Waals surface area contributed by atoms with Gasteiger partial charge in [0.2, 0.25) is 0 Å². The number of alkyl halides is 2. The molecule has 0 amide bonds. The SMILES string of the molecule is CC(C)CC(I)(CCI)N(C)C. The molecule has 0 fully saturated rings. The van der Waals surface area contributed by atoms with Crippen molar-refractivity contribution in [1.29, 1.82) is 0 Å². The Morgan fingerprint density at radius 2 is 1.83 bits per heavy atom. The van der Waals surface area contributed by atoms with E-state index in [1.54, 1.807) is 0 Å². The molecule has 0 radical (unpaired) electrons. The van der Waals surface area contributed by atoms with Crippen LogP contribution in [0, 0.1) is 5.92 Å². The van der Waals surface area contributed by atoms with E-state index < -0.39 is 0 Å². The third kappa shape index (κ3) is 4.60. The molecule has 0 saturated heterocycles. The summed E-state index contributed by atoms with van der Waals surface area (Å²) in [4.78, 5) is 2.35. The lowest BCUT2D eigenvalue weighted by Crippen LogP contribution is -2.39. The summed E-state index contributed by atoms with van der Waals surface area (Å²) in [6.45, 7) is 4.59. The van der Waals surface area contributed by atoms with E-state index in [-0.39, 0.29) is 0 Å². The minimum atomic E-state index is 0.368. The molecule has 0 bridgehead atoms. The second-order valence-corrected chi connectivity index (χ2v) is 6.94. The van der Waals surface area contributed by atoms with E-state index in [0.29, 0.717) is 3.55 Å². The van der Waals surface area contributed by atoms with Crippen LogP contribution in [-0.2, 0) is 0 Å². The fraction of sp³-hybridized carbons (Fsp3) is 1.00. The van der Waals surface area contributed by atoms with Gasteiger partial charge in [-0.2, -0.15) is 0 Å². The number of hydrogen-bond acceptors (Lipinski definition) is 1. The van der Waals surface area contributed by atoms with Crippen LogP contribution in [0.4, 0.5) is 0 Å². The summed E-state index contributed by atoms with van der Waals surface area (Å²) < 4.78 is 1.61.